The van der Waals surface area contributed by atoms with E-state index < -0.39 is 0 Å². The van der Waals surface area contributed by atoms with Gasteiger partial charge in [-0.05, 0) is 43.0 Å². The van der Waals surface area contributed by atoms with Crippen LogP contribution in [0.4, 0.5) is 5.69 Å². The smallest absolute Gasteiger partial charge is 0.251 e. The van der Waals surface area contributed by atoms with Gasteiger partial charge in [-0.25, -0.2) is 0 Å². The molecule has 4 nitrogen and oxygen atoms in total. The molecule has 1 aromatic carbocycles. The van der Waals surface area contributed by atoms with Crippen LogP contribution >= 0.6 is 0 Å². The second-order valence-corrected chi connectivity index (χ2v) is 4.40. The number of nitrogen functional groups attached to an aromatic ring is 1. The molecule has 0 aliphatic carbocycles. The third-order valence-corrected chi connectivity index (χ3v) is 2.73. The molecule has 4 N–H and O–H groups in total. The number of rotatable bonds is 5. The summed E-state index contributed by atoms with van der Waals surface area (Å²) in [5, 5.41) is 11.6. The molecule has 0 fully saturated rings. The quantitative estimate of drug-likeness (QED) is 0.675. The average molecular weight is 236 g/mol. The lowest BCUT2D eigenvalue weighted by atomic mass is 10.1. The van der Waals surface area contributed by atoms with E-state index in [0.717, 1.165) is 5.56 Å². The predicted molar refractivity (Wildman–Crippen MR) is 68.8 cm³/mol. The van der Waals surface area contributed by atoms with Crippen molar-refractivity contribution in [1.82, 2.24) is 5.32 Å². The molecule has 0 saturated heterocycles. The highest BCUT2D eigenvalue weighted by Gasteiger charge is 2.10. The van der Waals surface area contributed by atoms with E-state index in [4.69, 9.17) is 10.8 Å². The van der Waals surface area contributed by atoms with Gasteiger partial charge >= 0.3 is 0 Å². The molecular formula is C13H20N2O2. The number of nitrogens with one attached hydrogen (secondary N) is 1. The second kappa shape index (κ2) is 6.25. The van der Waals surface area contributed by atoms with Gasteiger partial charge in [-0.1, -0.05) is 6.92 Å². The first-order valence-electron chi connectivity index (χ1n) is 5.79. The topological polar surface area (TPSA) is 75.4 Å². The van der Waals surface area contributed by atoms with Crippen LogP contribution in [0, 0.1) is 12.8 Å². The van der Waals surface area contributed by atoms with E-state index in [2.05, 4.69) is 5.32 Å². The maximum absolute atomic E-state index is 11.9. The fourth-order valence-electron chi connectivity index (χ4n) is 1.63. The summed E-state index contributed by atoms with van der Waals surface area (Å²) in [6.07, 6.45) is 0.695. The van der Waals surface area contributed by atoms with E-state index in [9.17, 15) is 4.79 Å². The molecule has 0 aromatic heterocycles. The Morgan fingerprint density at radius 2 is 2.24 bits per heavy atom. The van der Waals surface area contributed by atoms with Crippen LogP contribution in [0.15, 0.2) is 18.2 Å². The molecule has 0 radical (unpaired) electrons. The summed E-state index contributed by atoms with van der Waals surface area (Å²) in [4.78, 5) is 11.9. The van der Waals surface area contributed by atoms with Crippen molar-refractivity contribution in [2.24, 2.45) is 5.92 Å². The van der Waals surface area contributed by atoms with Crippen molar-refractivity contribution >= 4 is 11.6 Å². The van der Waals surface area contributed by atoms with Crippen LogP contribution in [0.25, 0.3) is 0 Å². The number of benzene rings is 1. The Morgan fingerprint density at radius 3 is 2.82 bits per heavy atom. The Kier molecular flexibility index (Phi) is 4.97. The third-order valence-electron chi connectivity index (χ3n) is 2.73. The first-order chi connectivity index (χ1) is 8.04. The summed E-state index contributed by atoms with van der Waals surface area (Å²) in [6.45, 7) is 4.58. The molecule has 0 aliphatic heterocycles. The molecule has 1 atom stereocenters. The number of carbonyl (C=O) groups excluding carboxylic acids is 1. The molecule has 0 bridgehead atoms. The molecule has 1 aromatic rings. The van der Waals surface area contributed by atoms with Gasteiger partial charge in [-0.15, -0.1) is 0 Å². The normalized spacial score (nSPS) is 12.2. The van der Waals surface area contributed by atoms with Gasteiger partial charge in [0, 0.05) is 24.4 Å². The second-order valence-electron chi connectivity index (χ2n) is 4.40. The van der Waals surface area contributed by atoms with Crippen molar-refractivity contribution in [2.45, 2.75) is 20.3 Å². The van der Waals surface area contributed by atoms with E-state index in [0.29, 0.717) is 24.2 Å². The van der Waals surface area contributed by atoms with Crippen molar-refractivity contribution in [1.29, 1.82) is 0 Å². The molecule has 17 heavy (non-hydrogen) atoms. The fourth-order valence-corrected chi connectivity index (χ4v) is 1.63. The maximum Gasteiger partial charge on any atom is 0.251 e. The van der Waals surface area contributed by atoms with Crippen LogP contribution in [-0.4, -0.2) is 24.2 Å². The molecule has 94 valence electrons. The summed E-state index contributed by atoms with van der Waals surface area (Å²) in [5.41, 5.74) is 7.81. The highest BCUT2D eigenvalue weighted by molar-refractivity contribution is 5.95. The number of amides is 1. The summed E-state index contributed by atoms with van der Waals surface area (Å²) in [7, 11) is 0. The minimum Gasteiger partial charge on any atom is -0.399 e. The first-order valence-corrected chi connectivity index (χ1v) is 5.79. The van der Waals surface area contributed by atoms with E-state index in [1.165, 1.54) is 0 Å². The molecule has 4 heteroatoms. The molecule has 0 saturated carbocycles. The number of anilines is 1. The summed E-state index contributed by atoms with van der Waals surface area (Å²) < 4.78 is 0. The average Bonchev–Trinajstić information content (AvgIpc) is 2.26. The number of hydrogen-bond acceptors (Lipinski definition) is 3. The van der Waals surface area contributed by atoms with E-state index >= 15 is 0 Å². The monoisotopic (exact) mass is 236 g/mol. The van der Waals surface area contributed by atoms with Crippen LogP contribution in [0.1, 0.15) is 29.3 Å². The molecule has 1 amide bonds. The lowest BCUT2D eigenvalue weighted by Crippen LogP contribution is -2.29. The van der Waals surface area contributed by atoms with Gasteiger partial charge in [0.2, 0.25) is 0 Å². The lowest BCUT2D eigenvalue weighted by molar-refractivity contribution is 0.0945. The zero-order valence-corrected chi connectivity index (χ0v) is 10.4. The zero-order chi connectivity index (χ0) is 12.8. The van der Waals surface area contributed by atoms with E-state index in [-0.39, 0.29) is 18.4 Å². The number of nitrogens with two attached hydrogens (primary N) is 1. The van der Waals surface area contributed by atoms with Crippen molar-refractivity contribution in [3.8, 4) is 0 Å². The Balaban J connectivity index is 2.58. The number of aliphatic hydroxyl groups is 1. The highest BCUT2D eigenvalue weighted by Crippen LogP contribution is 2.12. The van der Waals surface area contributed by atoms with Crippen LogP contribution in [0.2, 0.25) is 0 Å². The standard InChI is InChI=1S/C13H20N2O2/c1-9(5-6-16)8-15-13(17)12-4-3-11(14)7-10(12)2/h3-4,7,9,16H,5-6,8,14H2,1-2H3,(H,15,17). The highest BCUT2D eigenvalue weighted by atomic mass is 16.3. The van der Waals surface area contributed by atoms with Crippen LogP contribution in [0.3, 0.4) is 0 Å². The summed E-state index contributed by atoms with van der Waals surface area (Å²) in [6, 6.07) is 5.24. The largest absolute Gasteiger partial charge is 0.399 e. The molecule has 0 aliphatic rings. The van der Waals surface area contributed by atoms with Crippen LogP contribution in [-0.2, 0) is 0 Å². The van der Waals surface area contributed by atoms with Gasteiger partial charge in [0.1, 0.15) is 0 Å². The van der Waals surface area contributed by atoms with Crippen molar-refractivity contribution in [3.05, 3.63) is 29.3 Å². The Morgan fingerprint density at radius 1 is 1.53 bits per heavy atom. The number of hydrogen-bond donors (Lipinski definition) is 3. The minimum absolute atomic E-state index is 0.0905. The number of aryl methyl sites for hydroxylation is 1. The first kappa shape index (κ1) is 13.5. The third kappa shape index (κ3) is 4.07. The van der Waals surface area contributed by atoms with E-state index in [1.807, 2.05) is 13.8 Å². The molecule has 0 heterocycles. The minimum atomic E-state index is -0.0905. The SMILES string of the molecule is Cc1cc(N)ccc1C(=O)NCC(C)CCO. The van der Waals surface area contributed by atoms with Gasteiger partial charge < -0.3 is 16.2 Å². The van der Waals surface area contributed by atoms with Crippen molar-refractivity contribution in [2.75, 3.05) is 18.9 Å². The Hall–Kier alpha value is -1.55. The van der Waals surface area contributed by atoms with Gasteiger partial charge in [-0.3, -0.25) is 4.79 Å². The van der Waals surface area contributed by atoms with Crippen LogP contribution < -0.4 is 11.1 Å². The van der Waals surface area contributed by atoms with Crippen molar-refractivity contribution in [3.63, 3.8) is 0 Å². The molecule has 1 rings (SSSR count). The number of carbonyl (C=O) groups is 1. The Bertz CT molecular complexity index is 391. The van der Waals surface area contributed by atoms with E-state index in [1.54, 1.807) is 18.2 Å². The van der Waals surface area contributed by atoms with Gasteiger partial charge in [0.15, 0.2) is 0 Å². The molecular weight excluding hydrogens is 216 g/mol. The van der Waals surface area contributed by atoms with Crippen molar-refractivity contribution < 1.29 is 9.90 Å². The van der Waals surface area contributed by atoms with Gasteiger partial charge in [-0.2, -0.15) is 0 Å². The zero-order valence-electron chi connectivity index (χ0n) is 10.4. The lowest BCUT2D eigenvalue weighted by Gasteiger charge is -2.12. The fraction of sp³-hybridized carbons (Fsp3) is 0.462. The Labute approximate surface area is 102 Å². The predicted octanol–water partition coefficient (Wildman–Crippen LogP) is 1.33. The van der Waals surface area contributed by atoms with Crippen LogP contribution in [0.5, 0.6) is 0 Å². The summed E-state index contributed by atoms with van der Waals surface area (Å²) in [5.74, 6) is 0.185. The molecule has 1 unspecified atom stereocenters. The van der Waals surface area contributed by atoms with Gasteiger partial charge in [0.25, 0.3) is 5.91 Å². The maximum atomic E-state index is 11.9. The number of aliphatic hydroxyl groups excluding tert-OH is 1. The summed E-state index contributed by atoms with van der Waals surface area (Å²) >= 11 is 0. The molecule has 0 spiro atoms. The van der Waals surface area contributed by atoms with Gasteiger partial charge in [0.05, 0.1) is 0 Å².